The van der Waals surface area contributed by atoms with Crippen molar-refractivity contribution in [2.24, 2.45) is 0 Å². The van der Waals surface area contributed by atoms with Crippen molar-refractivity contribution in [2.75, 3.05) is 0 Å². The van der Waals surface area contributed by atoms with Crippen molar-refractivity contribution in [3.63, 3.8) is 0 Å². The summed E-state index contributed by atoms with van der Waals surface area (Å²) in [7, 11) is 0.286. The Kier molecular flexibility index (Phi) is 3.82. The maximum absolute atomic E-state index is 13.6. The summed E-state index contributed by atoms with van der Waals surface area (Å²) in [6, 6.07) is -1.45. The molecule has 0 saturated carbocycles. The van der Waals surface area contributed by atoms with Crippen LogP contribution in [0.1, 0.15) is 13.3 Å². The fourth-order valence-corrected chi connectivity index (χ4v) is 1.92. The van der Waals surface area contributed by atoms with E-state index in [1.165, 1.54) is 0 Å². The predicted octanol–water partition coefficient (Wildman–Crippen LogP) is -0.168. The van der Waals surface area contributed by atoms with Crippen LogP contribution in [0.2, 0.25) is 0 Å². The van der Waals surface area contributed by atoms with Crippen LogP contribution in [0.15, 0.2) is 0 Å². The monoisotopic (exact) mass is 256 g/mol. The van der Waals surface area contributed by atoms with Crippen LogP contribution in [-0.4, -0.2) is 52.5 Å². The van der Waals surface area contributed by atoms with Gasteiger partial charge in [0.1, 0.15) is 14.0 Å². The zero-order chi connectivity index (χ0) is 12.7. The summed E-state index contributed by atoms with van der Waals surface area (Å²) in [5.74, 6) is -2.51. The lowest BCUT2D eigenvalue weighted by atomic mass is 9.83. The highest BCUT2D eigenvalue weighted by Crippen LogP contribution is 2.46. The Labute approximate surface area is 92.4 Å². The summed E-state index contributed by atoms with van der Waals surface area (Å²) in [4.78, 5) is 17.0. The maximum atomic E-state index is 13.6. The molecule has 1 fully saturated rings. The summed E-state index contributed by atoms with van der Waals surface area (Å²) in [6.45, 7) is 0.979. The second-order valence-electron chi connectivity index (χ2n) is 3.95. The molecule has 1 aliphatic rings. The van der Waals surface area contributed by atoms with E-state index in [2.05, 4.69) is 0 Å². The standard InChI is InChI=1S/C7H12BF2O5P/c1-7(10)5(11)3(15-6(7)8)2-4(9)16(12,13)14/h3-6,11H,2H2,1H3,(H2,12,13,14)/t3-,4?,5?,6-,7?/m1/s1. The molecule has 0 spiro atoms. The van der Waals surface area contributed by atoms with Crippen molar-refractivity contribution in [1.29, 1.82) is 0 Å². The molecule has 0 aliphatic carbocycles. The van der Waals surface area contributed by atoms with E-state index < -0.39 is 43.8 Å². The Bertz CT molecular complexity index is 309. The SMILES string of the molecule is [B][C@@H]1O[C@H](CC(F)P(=O)(O)O)C(O)C1(C)F. The van der Waals surface area contributed by atoms with Crippen LogP contribution in [0.3, 0.4) is 0 Å². The first-order chi connectivity index (χ1) is 7.06. The largest absolute Gasteiger partial charge is 0.387 e. The number of halogens is 2. The molecule has 0 aromatic heterocycles. The fraction of sp³-hybridized carbons (Fsp3) is 1.00. The molecule has 1 heterocycles. The third-order valence-corrected chi connectivity index (χ3v) is 3.54. The lowest BCUT2D eigenvalue weighted by Crippen LogP contribution is -2.41. The first-order valence-electron chi connectivity index (χ1n) is 4.54. The zero-order valence-electron chi connectivity index (χ0n) is 8.46. The van der Waals surface area contributed by atoms with Crippen molar-refractivity contribution >= 4 is 15.4 Å². The number of aliphatic hydroxyl groups excluding tert-OH is 1. The molecule has 1 saturated heterocycles. The summed E-state index contributed by atoms with van der Waals surface area (Å²) in [5, 5.41) is 9.40. The number of hydrogen-bond donors (Lipinski definition) is 3. The minimum Gasteiger partial charge on any atom is -0.387 e. The Morgan fingerprint density at radius 2 is 2.12 bits per heavy atom. The molecule has 0 aromatic rings. The van der Waals surface area contributed by atoms with Crippen molar-refractivity contribution < 1.29 is 33.0 Å². The molecular formula is C7H12BF2O5P. The molecular weight excluding hydrogens is 244 g/mol. The van der Waals surface area contributed by atoms with E-state index in [0.29, 0.717) is 0 Å². The highest BCUT2D eigenvalue weighted by Gasteiger charge is 2.52. The van der Waals surface area contributed by atoms with E-state index in [1.54, 1.807) is 0 Å². The lowest BCUT2D eigenvalue weighted by Gasteiger charge is -2.22. The van der Waals surface area contributed by atoms with Gasteiger partial charge in [0.25, 0.3) is 0 Å². The Morgan fingerprint density at radius 1 is 1.62 bits per heavy atom. The smallest absolute Gasteiger partial charge is 0.359 e. The highest BCUT2D eigenvalue weighted by atomic mass is 31.2. The normalized spacial score (nSPS) is 42.2. The van der Waals surface area contributed by atoms with Gasteiger partial charge >= 0.3 is 7.60 Å². The van der Waals surface area contributed by atoms with Crippen LogP contribution in [0.25, 0.3) is 0 Å². The molecule has 0 bridgehead atoms. The van der Waals surface area contributed by atoms with Gasteiger partial charge in [0, 0.05) is 6.42 Å². The van der Waals surface area contributed by atoms with Crippen LogP contribution in [0.4, 0.5) is 8.78 Å². The number of hydrogen-bond acceptors (Lipinski definition) is 3. The third-order valence-electron chi connectivity index (χ3n) is 2.60. The first kappa shape index (κ1) is 14.1. The molecule has 5 nitrogen and oxygen atoms in total. The molecule has 16 heavy (non-hydrogen) atoms. The van der Waals surface area contributed by atoms with Crippen molar-refractivity contribution in [2.45, 2.75) is 43.1 Å². The van der Waals surface area contributed by atoms with E-state index in [0.717, 1.165) is 6.92 Å². The van der Waals surface area contributed by atoms with Gasteiger partial charge in [-0.2, -0.15) is 0 Å². The van der Waals surface area contributed by atoms with Gasteiger partial charge in [-0.05, 0) is 6.92 Å². The molecule has 92 valence electrons. The Balaban J connectivity index is 2.69. The molecule has 0 amide bonds. The van der Waals surface area contributed by atoms with Crippen LogP contribution in [0, 0.1) is 0 Å². The molecule has 1 rings (SSSR count). The molecule has 3 N–H and O–H groups in total. The first-order valence-corrected chi connectivity index (χ1v) is 6.22. The van der Waals surface area contributed by atoms with Crippen molar-refractivity contribution in [3.05, 3.63) is 0 Å². The second kappa shape index (κ2) is 4.35. The van der Waals surface area contributed by atoms with Crippen LogP contribution in [-0.2, 0) is 9.30 Å². The van der Waals surface area contributed by atoms with Crippen molar-refractivity contribution in [1.82, 2.24) is 0 Å². The van der Waals surface area contributed by atoms with Crippen LogP contribution < -0.4 is 0 Å². The number of rotatable bonds is 3. The minimum absolute atomic E-state index is 0.807. The molecule has 9 heteroatoms. The lowest BCUT2D eigenvalue weighted by molar-refractivity contribution is 0.00636. The van der Waals surface area contributed by atoms with Gasteiger partial charge < -0.3 is 19.6 Å². The maximum Gasteiger partial charge on any atom is 0.359 e. The summed E-state index contributed by atoms with van der Waals surface area (Å²) in [6.07, 6.45) is -3.89. The summed E-state index contributed by atoms with van der Waals surface area (Å²) < 4.78 is 41.8. The van der Waals surface area contributed by atoms with Gasteiger partial charge in [-0.1, -0.05) is 0 Å². The molecule has 5 atom stereocenters. The van der Waals surface area contributed by atoms with Crippen molar-refractivity contribution in [3.8, 4) is 0 Å². The van der Waals surface area contributed by atoms with Crippen LogP contribution in [0.5, 0.6) is 0 Å². The average molecular weight is 256 g/mol. The summed E-state index contributed by atoms with van der Waals surface area (Å²) in [5.41, 5.74) is -2.26. The van der Waals surface area contributed by atoms with Gasteiger partial charge in [0.2, 0.25) is 5.91 Å². The van der Waals surface area contributed by atoms with E-state index in [4.69, 9.17) is 22.4 Å². The third kappa shape index (κ3) is 2.63. The summed E-state index contributed by atoms with van der Waals surface area (Å²) >= 11 is 0. The number of ether oxygens (including phenoxy) is 1. The number of aliphatic hydroxyl groups is 1. The van der Waals surface area contributed by atoms with Gasteiger partial charge in [0.15, 0.2) is 5.67 Å². The quantitative estimate of drug-likeness (QED) is 0.482. The van der Waals surface area contributed by atoms with E-state index >= 15 is 0 Å². The predicted molar refractivity (Wildman–Crippen MR) is 51.5 cm³/mol. The van der Waals surface area contributed by atoms with E-state index in [9.17, 15) is 18.5 Å². The van der Waals surface area contributed by atoms with Crippen LogP contribution >= 0.6 is 7.60 Å². The second-order valence-corrected chi connectivity index (χ2v) is 5.69. The van der Waals surface area contributed by atoms with Gasteiger partial charge in [-0.15, -0.1) is 0 Å². The van der Waals surface area contributed by atoms with E-state index in [-0.39, 0.29) is 0 Å². The molecule has 2 radical (unpaired) electrons. The van der Waals surface area contributed by atoms with E-state index in [1.807, 2.05) is 0 Å². The van der Waals surface area contributed by atoms with Gasteiger partial charge in [0.05, 0.1) is 12.1 Å². The zero-order valence-corrected chi connectivity index (χ0v) is 9.35. The number of alkyl halides is 2. The van der Waals surface area contributed by atoms with Gasteiger partial charge in [-0.25, -0.2) is 8.78 Å². The fourth-order valence-electron chi connectivity index (χ4n) is 1.44. The topological polar surface area (TPSA) is 87.0 Å². The Morgan fingerprint density at radius 3 is 2.44 bits per heavy atom. The molecule has 0 aromatic carbocycles. The average Bonchev–Trinajstić information content (AvgIpc) is 2.29. The molecule has 1 aliphatic heterocycles. The van der Waals surface area contributed by atoms with Gasteiger partial charge in [-0.3, -0.25) is 4.57 Å². The molecule has 3 unspecified atom stereocenters. The minimum atomic E-state index is -4.92. The Hall–Kier alpha value is -0.00506. The highest BCUT2D eigenvalue weighted by molar-refractivity contribution is 7.52.